The lowest BCUT2D eigenvalue weighted by atomic mass is 9.75. The first-order chi connectivity index (χ1) is 31.4. The van der Waals surface area contributed by atoms with Gasteiger partial charge in [-0.2, -0.15) is 0 Å². The number of para-hydroxylation sites is 3. The van der Waals surface area contributed by atoms with Gasteiger partial charge in [0.25, 0.3) is 6.33 Å². The zero-order valence-corrected chi connectivity index (χ0v) is 42.5. The molecule has 0 atom stereocenters. The first kappa shape index (κ1) is 45.7. The lowest BCUT2D eigenvalue weighted by molar-refractivity contribution is -0.572. The van der Waals surface area contributed by atoms with Crippen LogP contribution in [0.1, 0.15) is 132 Å². The molecule has 67 heavy (non-hydrogen) atoms. The maximum atomic E-state index is 6.81. The van der Waals surface area contributed by atoms with Gasteiger partial charge in [0.2, 0.25) is 0 Å². The summed E-state index contributed by atoms with van der Waals surface area (Å²) in [5, 5.41) is 2.33. The molecule has 0 amide bonds. The average Bonchev–Trinajstić information content (AvgIpc) is 3.80. The second-order valence-corrected chi connectivity index (χ2v) is 23.8. The number of pyridine rings is 1. The second kappa shape index (κ2) is 16.1. The number of aromatic nitrogens is 4. The molecule has 0 aliphatic heterocycles. The van der Waals surface area contributed by atoms with Crippen molar-refractivity contribution in [1.82, 2.24) is 14.1 Å². The standard InChI is InChI=1S/C62H68N4O/c1-58(2,3)41-29-30-63-56(36-41)66-52-24-17-16-23-48(52)49-28-27-47(38-55(49)66)67-46-22-20-21-45(37-46)64-39-65(54-26-19-18-25-53(54)64)57-50(34-44(61(10,11)12)35-51(57)62(13,14)15)40-31-42(59(4,5)6)33-43(32-40)60(7,8)9/h16-38H,1-15H3. The molecular weight excluding hydrogens is 817 g/mol. The van der Waals surface area contributed by atoms with Gasteiger partial charge < -0.3 is 4.74 Å². The molecule has 5 heteroatoms. The lowest BCUT2D eigenvalue weighted by Gasteiger charge is -2.31. The van der Waals surface area contributed by atoms with Gasteiger partial charge in [-0.15, -0.1) is 0 Å². The van der Waals surface area contributed by atoms with Crippen molar-refractivity contribution in [3.63, 3.8) is 0 Å². The Morgan fingerprint density at radius 2 is 1.07 bits per heavy atom. The van der Waals surface area contributed by atoms with Crippen LogP contribution in [0.3, 0.4) is 0 Å². The van der Waals surface area contributed by atoms with Crippen molar-refractivity contribution in [2.75, 3.05) is 0 Å². The highest BCUT2D eigenvalue weighted by Crippen LogP contribution is 2.42. The Bertz CT molecular complexity index is 3310. The molecule has 342 valence electrons. The van der Waals surface area contributed by atoms with Gasteiger partial charge in [0.05, 0.1) is 33.4 Å². The van der Waals surface area contributed by atoms with Crippen LogP contribution in [-0.2, 0) is 27.1 Å². The summed E-state index contributed by atoms with van der Waals surface area (Å²) in [4.78, 5) is 4.90. The summed E-state index contributed by atoms with van der Waals surface area (Å²) in [6.07, 6.45) is 5.85. The largest absolute Gasteiger partial charge is 0.458 e. The van der Waals surface area contributed by atoms with Crippen LogP contribution in [-0.4, -0.2) is 14.1 Å². The number of imidazole rings is 1. The van der Waals surface area contributed by atoms with E-state index in [0.717, 1.165) is 56.1 Å². The Hall–Kier alpha value is -6.46. The minimum atomic E-state index is -0.185. The number of fused-ring (bicyclic) bond motifs is 4. The lowest BCUT2D eigenvalue weighted by Crippen LogP contribution is -2.35. The monoisotopic (exact) mass is 885 g/mol. The molecule has 0 saturated carbocycles. The summed E-state index contributed by atoms with van der Waals surface area (Å²) in [5.41, 5.74) is 15.0. The van der Waals surface area contributed by atoms with Crippen molar-refractivity contribution in [1.29, 1.82) is 0 Å². The molecule has 0 aliphatic rings. The fourth-order valence-electron chi connectivity index (χ4n) is 9.26. The molecule has 5 nitrogen and oxygen atoms in total. The Morgan fingerprint density at radius 3 is 1.73 bits per heavy atom. The van der Waals surface area contributed by atoms with E-state index in [2.05, 4.69) is 251 Å². The third kappa shape index (κ3) is 8.70. The minimum Gasteiger partial charge on any atom is -0.458 e. The summed E-state index contributed by atoms with van der Waals surface area (Å²) >= 11 is 0. The summed E-state index contributed by atoms with van der Waals surface area (Å²) in [6, 6.07) is 48.5. The fourth-order valence-corrected chi connectivity index (χ4v) is 9.26. The fraction of sp³-hybridized carbons (Fsp3) is 0.323. The van der Waals surface area contributed by atoms with Gasteiger partial charge in [-0.3, -0.25) is 13.7 Å². The van der Waals surface area contributed by atoms with Crippen LogP contribution >= 0.6 is 0 Å². The summed E-state index contributed by atoms with van der Waals surface area (Å²) in [7, 11) is 0. The highest BCUT2D eigenvalue weighted by Gasteiger charge is 2.30. The number of ether oxygens (including phenoxy) is 1. The summed E-state index contributed by atoms with van der Waals surface area (Å²) in [5.74, 6) is 2.38. The van der Waals surface area contributed by atoms with E-state index in [0.29, 0.717) is 0 Å². The quantitative estimate of drug-likeness (QED) is 0.123. The highest BCUT2D eigenvalue weighted by molar-refractivity contribution is 6.09. The van der Waals surface area contributed by atoms with Crippen molar-refractivity contribution in [3.05, 3.63) is 174 Å². The molecule has 3 aromatic heterocycles. The third-order valence-corrected chi connectivity index (χ3v) is 13.3. The first-order valence-corrected chi connectivity index (χ1v) is 24.0. The van der Waals surface area contributed by atoms with E-state index in [-0.39, 0.29) is 27.1 Å². The van der Waals surface area contributed by atoms with Crippen LogP contribution in [0.15, 0.2) is 140 Å². The summed E-state index contributed by atoms with van der Waals surface area (Å²) < 4.78 is 13.6. The molecule has 0 fully saturated rings. The van der Waals surface area contributed by atoms with E-state index in [4.69, 9.17) is 9.72 Å². The van der Waals surface area contributed by atoms with Crippen LogP contribution in [0, 0.1) is 6.33 Å². The number of benzene rings is 6. The van der Waals surface area contributed by atoms with Gasteiger partial charge in [-0.05, 0) is 115 Å². The minimum absolute atomic E-state index is 0.0141. The van der Waals surface area contributed by atoms with E-state index in [1.54, 1.807) is 0 Å². The Labute approximate surface area is 399 Å². The molecule has 0 aliphatic carbocycles. The van der Waals surface area contributed by atoms with Crippen LogP contribution in [0.5, 0.6) is 11.5 Å². The third-order valence-electron chi connectivity index (χ3n) is 13.3. The van der Waals surface area contributed by atoms with Gasteiger partial charge in [0.1, 0.15) is 17.3 Å². The normalized spacial score (nSPS) is 13.0. The molecule has 9 rings (SSSR count). The first-order valence-electron chi connectivity index (χ1n) is 24.0. The van der Waals surface area contributed by atoms with E-state index < -0.39 is 0 Å². The second-order valence-electron chi connectivity index (χ2n) is 23.8. The van der Waals surface area contributed by atoms with Crippen LogP contribution in [0.25, 0.3) is 61.2 Å². The van der Waals surface area contributed by atoms with Crippen molar-refractivity contribution in [2.45, 2.75) is 131 Å². The molecular formula is C62H68N4O. The molecule has 3 heterocycles. The molecule has 0 unspecified atom stereocenters. The van der Waals surface area contributed by atoms with Crippen LogP contribution in [0.2, 0.25) is 0 Å². The average molecular weight is 885 g/mol. The Morgan fingerprint density at radius 1 is 0.478 bits per heavy atom. The van der Waals surface area contributed by atoms with Gasteiger partial charge in [-0.25, -0.2) is 4.98 Å². The van der Waals surface area contributed by atoms with Gasteiger partial charge in [0, 0.05) is 23.0 Å². The Balaban J connectivity index is 1.21. The smallest absolute Gasteiger partial charge is 0.269 e. The van der Waals surface area contributed by atoms with Crippen LogP contribution in [0.4, 0.5) is 0 Å². The van der Waals surface area contributed by atoms with Crippen molar-refractivity contribution < 1.29 is 9.30 Å². The number of nitrogens with zero attached hydrogens (tertiary/aromatic N) is 4. The number of hydrogen-bond donors (Lipinski definition) is 0. The van der Waals surface area contributed by atoms with Crippen LogP contribution < -0.4 is 9.30 Å². The van der Waals surface area contributed by atoms with E-state index in [9.17, 15) is 0 Å². The van der Waals surface area contributed by atoms with Gasteiger partial charge in [-0.1, -0.05) is 183 Å². The zero-order chi connectivity index (χ0) is 48.0. The maximum Gasteiger partial charge on any atom is 0.269 e. The van der Waals surface area contributed by atoms with Crippen molar-refractivity contribution in [2.24, 2.45) is 0 Å². The van der Waals surface area contributed by atoms with E-state index >= 15 is 0 Å². The zero-order valence-electron chi connectivity index (χ0n) is 42.5. The topological polar surface area (TPSA) is 35.9 Å². The molecule has 9 aromatic rings. The van der Waals surface area contributed by atoms with Crippen molar-refractivity contribution in [3.8, 4) is 39.8 Å². The highest BCUT2D eigenvalue weighted by atomic mass is 16.5. The van der Waals surface area contributed by atoms with E-state index in [1.807, 2.05) is 12.3 Å². The number of rotatable bonds is 6. The van der Waals surface area contributed by atoms with Crippen molar-refractivity contribution >= 4 is 32.8 Å². The molecule has 0 spiro atoms. The molecule has 6 aromatic carbocycles. The van der Waals surface area contributed by atoms with Gasteiger partial charge >= 0.3 is 0 Å². The molecule has 0 radical (unpaired) electrons. The number of hydrogen-bond acceptors (Lipinski definition) is 2. The molecule has 0 bridgehead atoms. The molecule has 0 saturated heterocycles. The van der Waals surface area contributed by atoms with E-state index in [1.165, 1.54) is 44.3 Å². The molecule has 0 N–H and O–H groups in total. The predicted molar refractivity (Wildman–Crippen MR) is 281 cm³/mol. The maximum absolute atomic E-state index is 6.81. The predicted octanol–water partition coefficient (Wildman–Crippen LogP) is 16.1. The summed E-state index contributed by atoms with van der Waals surface area (Å²) in [6.45, 7) is 34.6. The van der Waals surface area contributed by atoms with Gasteiger partial charge in [0.15, 0.2) is 0 Å². The Kier molecular flexibility index (Phi) is 11.0. The SMILES string of the molecule is CC(C)(C)c1cc(-c2cc(C(C)(C)C)cc(C(C)(C)C)c2-[n+]2[c-]n(-c3cccc(Oc4ccc5c6ccccc6n(-c6cc(C(C)(C)C)ccn6)c5c4)c3)c3ccccc32)cc(C(C)(C)C)c1.